The van der Waals surface area contributed by atoms with E-state index < -0.39 is 0 Å². The topological polar surface area (TPSA) is 33.5 Å². The summed E-state index contributed by atoms with van der Waals surface area (Å²) in [7, 11) is 0. The molecule has 7 heteroatoms. The number of aromatic nitrogens is 2. The van der Waals surface area contributed by atoms with Crippen LogP contribution in [0.3, 0.4) is 0 Å². The van der Waals surface area contributed by atoms with Gasteiger partial charge in [0.05, 0.1) is 0 Å². The first kappa shape index (κ1) is 45.8. The Labute approximate surface area is 399 Å². The second-order valence-electron chi connectivity index (χ2n) is 18.9. The summed E-state index contributed by atoms with van der Waals surface area (Å²) in [5.74, 6) is 2.95. The molecular formula is C58H58FN4OPt-3. The quantitative estimate of drug-likeness (QED) is 0.121. The molecule has 0 aliphatic carbocycles. The first-order valence-electron chi connectivity index (χ1n) is 22.9. The Morgan fingerprint density at radius 2 is 1.28 bits per heavy atom. The van der Waals surface area contributed by atoms with E-state index in [2.05, 4.69) is 199 Å². The van der Waals surface area contributed by atoms with Gasteiger partial charge >= 0.3 is 0 Å². The molecule has 1 aliphatic rings. The molecule has 9 rings (SSSR count). The monoisotopic (exact) mass is 1040 g/mol. The SMILES string of the molecule is Cc1c(F)cc(C(C)C)c(N2[CH-]N(c3[c-]c(Oc4[c-]c5c(cc4)c4ccccc4n5-c4cc(C(C)C)ccn4)cc(-c4c(C(C)C)cccc4C(C)C)c3)c3ccccc32)c1C(C)C.[Pt]. The third kappa shape index (κ3) is 8.29. The predicted octanol–water partition coefficient (Wildman–Crippen LogP) is 16.7. The van der Waals surface area contributed by atoms with Crippen LogP contribution < -0.4 is 14.5 Å². The van der Waals surface area contributed by atoms with Crippen molar-refractivity contribution in [3.63, 3.8) is 0 Å². The molecule has 0 unspecified atom stereocenters. The van der Waals surface area contributed by atoms with E-state index in [-0.39, 0.29) is 50.6 Å². The summed E-state index contributed by atoms with van der Waals surface area (Å²) in [6.45, 7) is 26.1. The molecule has 8 aromatic rings. The van der Waals surface area contributed by atoms with Crippen LogP contribution in [0.25, 0.3) is 38.8 Å². The number of halogens is 1. The molecule has 336 valence electrons. The van der Waals surface area contributed by atoms with Crippen LogP contribution in [0.2, 0.25) is 0 Å². The van der Waals surface area contributed by atoms with E-state index >= 15 is 4.39 Å². The van der Waals surface area contributed by atoms with Gasteiger partial charge in [0.15, 0.2) is 0 Å². The summed E-state index contributed by atoms with van der Waals surface area (Å²) < 4.78 is 24.9. The standard InChI is InChI=1S/C58H58FN4O.Pt/c1-34(2)40-25-26-60-55(29-40)63-51-20-13-12-17-47(51)48-24-23-43(31-54(48)63)64-44-28-41(57-45(35(3)4)18-16-19-46(57)36(5)6)27-42(30-44)61-33-62(53-22-15-14-21-52(53)61)58-49(37(7)8)32-50(59)39(11)56(58)38(9)10;/h12-29,32-38H,1-11H3;/q-3;. The summed E-state index contributed by atoms with van der Waals surface area (Å²) in [5.41, 5.74) is 14.6. The van der Waals surface area contributed by atoms with Crippen molar-refractivity contribution in [2.45, 2.75) is 106 Å². The fourth-order valence-corrected chi connectivity index (χ4v) is 9.62. The minimum Gasteiger partial charge on any atom is -0.509 e. The van der Waals surface area contributed by atoms with Crippen molar-refractivity contribution in [2.24, 2.45) is 0 Å². The van der Waals surface area contributed by atoms with Gasteiger partial charge in [0, 0.05) is 61.3 Å². The number of nitrogens with zero attached hydrogens (tertiary/aromatic N) is 4. The van der Waals surface area contributed by atoms with Crippen LogP contribution in [-0.4, -0.2) is 9.55 Å². The van der Waals surface area contributed by atoms with E-state index in [1.165, 1.54) is 22.3 Å². The van der Waals surface area contributed by atoms with Crippen LogP contribution in [-0.2, 0) is 21.1 Å². The van der Waals surface area contributed by atoms with Gasteiger partial charge in [-0.05, 0) is 117 Å². The van der Waals surface area contributed by atoms with Crippen molar-refractivity contribution in [1.82, 2.24) is 9.55 Å². The first-order valence-corrected chi connectivity index (χ1v) is 22.9. The molecule has 1 aliphatic heterocycles. The van der Waals surface area contributed by atoms with Crippen LogP contribution in [0.1, 0.15) is 132 Å². The van der Waals surface area contributed by atoms with Crippen molar-refractivity contribution in [3.8, 4) is 28.4 Å². The van der Waals surface area contributed by atoms with Gasteiger partial charge in [0.2, 0.25) is 0 Å². The van der Waals surface area contributed by atoms with Crippen LogP contribution in [0, 0.1) is 31.5 Å². The molecule has 0 saturated carbocycles. The maximum Gasteiger partial charge on any atom is 0.135 e. The molecular weight excluding hydrogens is 983 g/mol. The van der Waals surface area contributed by atoms with E-state index in [1.807, 2.05) is 19.2 Å². The minimum absolute atomic E-state index is 0. The van der Waals surface area contributed by atoms with Crippen molar-refractivity contribution in [1.29, 1.82) is 0 Å². The summed E-state index contributed by atoms with van der Waals surface area (Å²) >= 11 is 0. The van der Waals surface area contributed by atoms with Gasteiger partial charge in [-0.3, -0.25) is 0 Å². The van der Waals surface area contributed by atoms with Crippen LogP contribution >= 0.6 is 0 Å². The second-order valence-corrected chi connectivity index (χ2v) is 18.9. The van der Waals surface area contributed by atoms with Crippen LogP contribution in [0.15, 0.2) is 115 Å². The molecule has 2 aromatic heterocycles. The molecule has 0 atom stereocenters. The summed E-state index contributed by atoms with van der Waals surface area (Å²) in [6, 6.07) is 45.6. The Morgan fingerprint density at radius 3 is 1.94 bits per heavy atom. The maximum absolute atomic E-state index is 15.7. The summed E-state index contributed by atoms with van der Waals surface area (Å²) in [5, 5.41) is 2.20. The maximum atomic E-state index is 15.7. The molecule has 5 nitrogen and oxygen atoms in total. The second kappa shape index (κ2) is 18.3. The fraction of sp³-hybridized carbons (Fsp3) is 0.276. The third-order valence-corrected chi connectivity index (χ3v) is 12.8. The third-order valence-electron chi connectivity index (χ3n) is 12.8. The number of para-hydroxylation sites is 3. The van der Waals surface area contributed by atoms with Gasteiger partial charge in [-0.15, -0.1) is 53.6 Å². The summed E-state index contributed by atoms with van der Waals surface area (Å²) in [6.07, 6.45) is 1.90. The first-order chi connectivity index (χ1) is 30.7. The van der Waals surface area contributed by atoms with E-state index in [1.54, 1.807) is 6.07 Å². The Morgan fingerprint density at radius 1 is 0.615 bits per heavy atom. The van der Waals surface area contributed by atoms with Gasteiger partial charge in [0.25, 0.3) is 0 Å². The largest absolute Gasteiger partial charge is 0.509 e. The van der Waals surface area contributed by atoms with Gasteiger partial charge in [-0.1, -0.05) is 123 Å². The van der Waals surface area contributed by atoms with Crippen LogP contribution in [0.4, 0.5) is 27.1 Å². The molecule has 0 amide bonds. The Balaban J connectivity index is 0.00000576. The van der Waals surface area contributed by atoms with Crippen molar-refractivity contribution < 1.29 is 30.2 Å². The smallest absolute Gasteiger partial charge is 0.135 e. The Bertz CT molecular complexity index is 3030. The van der Waals surface area contributed by atoms with Gasteiger partial charge in [-0.25, -0.2) is 9.37 Å². The number of rotatable bonds is 11. The minimum atomic E-state index is -0.163. The average Bonchev–Trinajstić information content (AvgIpc) is 3.82. The Hall–Kier alpha value is -5.71. The molecule has 3 heterocycles. The van der Waals surface area contributed by atoms with Crippen LogP contribution in [0.5, 0.6) is 11.5 Å². The normalized spacial score (nSPS) is 12.8. The number of hydrogen-bond donors (Lipinski definition) is 0. The molecule has 0 spiro atoms. The molecule has 6 aromatic carbocycles. The zero-order chi connectivity index (χ0) is 45.1. The number of ether oxygens (including phenoxy) is 1. The zero-order valence-electron chi connectivity index (χ0n) is 39.3. The molecule has 0 saturated heterocycles. The van der Waals surface area contributed by atoms with Gasteiger partial charge < -0.3 is 19.1 Å². The van der Waals surface area contributed by atoms with Gasteiger partial charge in [0.1, 0.15) is 11.6 Å². The Kier molecular flexibility index (Phi) is 12.9. The summed E-state index contributed by atoms with van der Waals surface area (Å²) in [4.78, 5) is 9.35. The number of anilines is 4. The van der Waals surface area contributed by atoms with Crippen molar-refractivity contribution in [2.75, 3.05) is 9.80 Å². The predicted molar refractivity (Wildman–Crippen MR) is 265 cm³/mol. The molecule has 0 N–H and O–H groups in total. The molecule has 0 radical (unpaired) electrons. The van der Waals surface area contributed by atoms with E-state index in [9.17, 15) is 0 Å². The molecule has 65 heavy (non-hydrogen) atoms. The van der Waals surface area contributed by atoms with E-state index in [0.717, 1.165) is 67.1 Å². The van der Waals surface area contributed by atoms with E-state index in [0.29, 0.717) is 23.0 Å². The van der Waals surface area contributed by atoms with Crippen molar-refractivity contribution >= 4 is 44.6 Å². The fourth-order valence-electron chi connectivity index (χ4n) is 9.62. The van der Waals surface area contributed by atoms with E-state index in [4.69, 9.17) is 9.72 Å². The average molecular weight is 1040 g/mol. The number of pyridine rings is 1. The van der Waals surface area contributed by atoms with Crippen molar-refractivity contribution in [3.05, 3.63) is 173 Å². The molecule has 0 bridgehead atoms. The molecule has 0 fully saturated rings. The number of benzene rings is 6. The number of fused-ring (bicyclic) bond motifs is 4. The van der Waals surface area contributed by atoms with Gasteiger partial charge in [-0.2, -0.15) is 6.07 Å². The number of hydrogen-bond acceptors (Lipinski definition) is 4. The zero-order valence-corrected chi connectivity index (χ0v) is 41.6.